The molecule has 0 heterocycles. The molecule has 0 amide bonds. The van der Waals surface area contributed by atoms with E-state index in [0.29, 0.717) is 19.3 Å². The van der Waals surface area contributed by atoms with E-state index in [4.69, 9.17) is 14.2 Å². The number of carbonyl (C=O) groups is 3. The molecule has 6 heteroatoms. The number of hydrogen-bond acceptors (Lipinski definition) is 6. The second-order valence-corrected chi connectivity index (χ2v) is 24.1. The average molecular weight is 1100 g/mol. The van der Waals surface area contributed by atoms with E-state index < -0.39 is 6.10 Å². The van der Waals surface area contributed by atoms with Gasteiger partial charge in [0.2, 0.25) is 0 Å². The fourth-order valence-corrected chi connectivity index (χ4v) is 10.8. The fourth-order valence-electron chi connectivity index (χ4n) is 10.8. The lowest BCUT2D eigenvalue weighted by atomic mass is 10.0. The van der Waals surface area contributed by atoms with Gasteiger partial charge in [-0.1, -0.05) is 334 Å². The van der Waals surface area contributed by atoms with Crippen LogP contribution in [0.1, 0.15) is 400 Å². The minimum Gasteiger partial charge on any atom is -0.462 e. The summed E-state index contributed by atoms with van der Waals surface area (Å²) in [5.74, 6) is -0.860. The molecule has 0 radical (unpaired) electrons. The molecular formula is C72H136O6. The molecule has 0 aliphatic carbocycles. The van der Waals surface area contributed by atoms with Crippen molar-refractivity contribution in [3.05, 3.63) is 24.3 Å². The number of hydrogen-bond donors (Lipinski definition) is 0. The van der Waals surface area contributed by atoms with E-state index in [1.54, 1.807) is 0 Å². The zero-order valence-electron chi connectivity index (χ0n) is 53.0. The number of allylic oxidation sites excluding steroid dienone is 4. The Kier molecular flexibility index (Phi) is 65.6. The molecule has 0 saturated heterocycles. The van der Waals surface area contributed by atoms with E-state index in [-0.39, 0.29) is 31.1 Å². The Labute approximate surface area is 487 Å². The van der Waals surface area contributed by atoms with Gasteiger partial charge in [0.05, 0.1) is 0 Å². The Bertz CT molecular complexity index is 1260. The Balaban J connectivity index is 4.20. The van der Waals surface area contributed by atoms with Gasteiger partial charge in [0, 0.05) is 19.3 Å². The summed E-state index contributed by atoms with van der Waals surface area (Å²) in [7, 11) is 0. The molecule has 0 rings (SSSR count). The van der Waals surface area contributed by atoms with Crippen molar-refractivity contribution in [2.45, 2.75) is 406 Å². The Morgan fingerprint density at radius 2 is 0.423 bits per heavy atom. The highest BCUT2D eigenvalue weighted by Crippen LogP contribution is 2.19. The Morgan fingerprint density at radius 1 is 0.244 bits per heavy atom. The van der Waals surface area contributed by atoms with E-state index in [1.807, 2.05) is 0 Å². The zero-order valence-corrected chi connectivity index (χ0v) is 53.0. The predicted octanol–water partition coefficient (Wildman–Crippen LogP) is 24.2. The van der Waals surface area contributed by atoms with Gasteiger partial charge in [-0.2, -0.15) is 0 Å². The normalized spacial score (nSPS) is 12.1. The average Bonchev–Trinajstić information content (AvgIpc) is 3.44. The molecule has 460 valence electrons. The molecule has 0 saturated carbocycles. The standard InChI is InChI=1S/C72H136O6/c1-4-7-10-13-16-19-22-25-28-31-32-33-34-35-36-37-38-39-40-41-42-45-47-50-53-56-59-62-65-71(74)77-68-69(78-72(75)66-63-60-57-54-51-48-44-30-27-24-21-18-15-12-9-6-3)67-76-70(73)64-61-58-55-52-49-46-43-29-26-23-20-17-14-11-8-5-2/h29-30,43-44,69H,4-28,31-42,45-68H2,1-3H3/b43-29-,44-30-. The van der Waals surface area contributed by atoms with Gasteiger partial charge < -0.3 is 14.2 Å². The maximum Gasteiger partial charge on any atom is 0.306 e. The fraction of sp³-hybridized carbons (Fsp3) is 0.903. The SMILES string of the molecule is CCCCCCCCC/C=C\CCCCCCCC(=O)OCC(COC(=O)CCCCCCCCCCCCCCCCCCCCCCCCCCCCCC)OC(=O)CCCCCCC/C=C\CCCCCCCCC. The smallest absolute Gasteiger partial charge is 0.306 e. The van der Waals surface area contributed by atoms with Crippen LogP contribution in [0.25, 0.3) is 0 Å². The van der Waals surface area contributed by atoms with Crippen molar-refractivity contribution in [3.63, 3.8) is 0 Å². The molecule has 0 aromatic heterocycles. The van der Waals surface area contributed by atoms with Gasteiger partial charge in [-0.15, -0.1) is 0 Å². The van der Waals surface area contributed by atoms with Gasteiger partial charge in [-0.05, 0) is 70.6 Å². The second-order valence-electron chi connectivity index (χ2n) is 24.1. The van der Waals surface area contributed by atoms with E-state index >= 15 is 0 Å². The lowest BCUT2D eigenvalue weighted by molar-refractivity contribution is -0.167. The third kappa shape index (κ3) is 64.7. The van der Waals surface area contributed by atoms with Gasteiger partial charge >= 0.3 is 17.9 Å². The summed E-state index contributed by atoms with van der Waals surface area (Å²) in [5, 5.41) is 0. The van der Waals surface area contributed by atoms with Crippen LogP contribution in [0.4, 0.5) is 0 Å². The highest BCUT2D eigenvalue weighted by molar-refractivity contribution is 5.71. The van der Waals surface area contributed by atoms with E-state index in [0.717, 1.165) is 70.6 Å². The van der Waals surface area contributed by atoms with Gasteiger partial charge in [0.1, 0.15) is 13.2 Å². The number of esters is 3. The predicted molar refractivity (Wildman–Crippen MR) is 340 cm³/mol. The first-order chi connectivity index (χ1) is 38.5. The summed E-state index contributed by atoms with van der Waals surface area (Å²) in [6, 6.07) is 0. The molecule has 1 unspecified atom stereocenters. The number of carbonyl (C=O) groups excluding carboxylic acids is 3. The van der Waals surface area contributed by atoms with Crippen LogP contribution in [-0.2, 0) is 28.6 Å². The summed E-state index contributed by atoms with van der Waals surface area (Å²) >= 11 is 0. The Morgan fingerprint density at radius 3 is 0.641 bits per heavy atom. The van der Waals surface area contributed by atoms with Crippen molar-refractivity contribution in [1.29, 1.82) is 0 Å². The van der Waals surface area contributed by atoms with Crippen molar-refractivity contribution in [2.75, 3.05) is 13.2 Å². The molecule has 0 fully saturated rings. The van der Waals surface area contributed by atoms with Gasteiger partial charge in [0.25, 0.3) is 0 Å². The van der Waals surface area contributed by atoms with Crippen molar-refractivity contribution in [3.8, 4) is 0 Å². The van der Waals surface area contributed by atoms with E-state index in [9.17, 15) is 14.4 Å². The van der Waals surface area contributed by atoms with Crippen LogP contribution in [0.15, 0.2) is 24.3 Å². The number of ether oxygens (including phenoxy) is 3. The molecule has 0 aliphatic heterocycles. The van der Waals surface area contributed by atoms with Crippen LogP contribution in [0.5, 0.6) is 0 Å². The van der Waals surface area contributed by atoms with Crippen LogP contribution >= 0.6 is 0 Å². The molecule has 78 heavy (non-hydrogen) atoms. The van der Waals surface area contributed by atoms with Crippen molar-refractivity contribution < 1.29 is 28.6 Å². The molecule has 0 aromatic carbocycles. The second kappa shape index (κ2) is 67.4. The van der Waals surface area contributed by atoms with Crippen LogP contribution in [0.3, 0.4) is 0 Å². The minimum atomic E-state index is -0.777. The van der Waals surface area contributed by atoms with Crippen LogP contribution in [0.2, 0.25) is 0 Å². The quantitative estimate of drug-likeness (QED) is 0.0261. The summed E-state index contributed by atoms with van der Waals surface area (Å²) in [4.78, 5) is 38.4. The molecule has 0 spiro atoms. The zero-order chi connectivity index (χ0) is 56.4. The minimum absolute atomic E-state index is 0.0721. The molecule has 0 bridgehead atoms. The highest BCUT2D eigenvalue weighted by Gasteiger charge is 2.19. The van der Waals surface area contributed by atoms with Gasteiger partial charge in [-0.25, -0.2) is 0 Å². The Hall–Kier alpha value is -2.11. The maximum atomic E-state index is 12.9. The molecular weight excluding hydrogens is 961 g/mol. The van der Waals surface area contributed by atoms with Crippen LogP contribution in [0, 0.1) is 0 Å². The lowest BCUT2D eigenvalue weighted by Gasteiger charge is -2.18. The summed E-state index contributed by atoms with van der Waals surface area (Å²) in [6.45, 7) is 6.70. The topological polar surface area (TPSA) is 78.9 Å². The van der Waals surface area contributed by atoms with Crippen LogP contribution in [-0.4, -0.2) is 37.2 Å². The molecule has 6 nitrogen and oxygen atoms in total. The molecule has 1 atom stereocenters. The first-order valence-electron chi connectivity index (χ1n) is 35.3. The summed E-state index contributed by atoms with van der Waals surface area (Å²) < 4.78 is 17.0. The van der Waals surface area contributed by atoms with E-state index in [2.05, 4.69) is 45.1 Å². The monoisotopic (exact) mass is 1100 g/mol. The number of rotatable bonds is 66. The molecule has 0 aromatic rings. The number of unbranched alkanes of at least 4 members (excludes halogenated alkanes) is 51. The highest BCUT2D eigenvalue weighted by atomic mass is 16.6. The first-order valence-corrected chi connectivity index (χ1v) is 35.3. The van der Waals surface area contributed by atoms with Gasteiger partial charge in [0.15, 0.2) is 6.10 Å². The largest absolute Gasteiger partial charge is 0.462 e. The molecule has 0 aliphatic rings. The first kappa shape index (κ1) is 75.9. The van der Waals surface area contributed by atoms with Crippen LogP contribution < -0.4 is 0 Å². The third-order valence-corrected chi connectivity index (χ3v) is 16.2. The van der Waals surface area contributed by atoms with E-state index in [1.165, 1.54) is 289 Å². The lowest BCUT2D eigenvalue weighted by Crippen LogP contribution is -2.30. The van der Waals surface area contributed by atoms with Crippen molar-refractivity contribution in [1.82, 2.24) is 0 Å². The summed E-state index contributed by atoms with van der Waals surface area (Å²) in [5.41, 5.74) is 0. The molecule has 0 N–H and O–H groups in total. The summed E-state index contributed by atoms with van der Waals surface area (Å²) in [6.07, 6.45) is 82.1. The van der Waals surface area contributed by atoms with Crippen molar-refractivity contribution in [2.24, 2.45) is 0 Å². The maximum absolute atomic E-state index is 12.9. The van der Waals surface area contributed by atoms with Crippen molar-refractivity contribution >= 4 is 17.9 Å². The van der Waals surface area contributed by atoms with Gasteiger partial charge in [-0.3, -0.25) is 14.4 Å². The third-order valence-electron chi connectivity index (χ3n) is 16.2.